The van der Waals surface area contributed by atoms with Crippen molar-refractivity contribution in [3.63, 3.8) is 0 Å². The van der Waals surface area contributed by atoms with Crippen LogP contribution in [0.1, 0.15) is 79.1 Å². The van der Waals surface area contributed by atoms with E-state index in [4.69, 9.17) is 0 Å². The van der Waals surface area contributed by atoms with Crippen molar-refractivity contribution in [1.82, 2.24) is 0 Å². The van der Waals surface area contributed by atoms with Crippen LogP contribution in [0.2, 0.25) is 0 Å². The summed E-state index contributed by atoms with van der Waals surface area (Å²) in [6.07, 6.45) is 11.0. The first kappa shape index (κ1) is 16.0. The van der Waals surface area contributed by atoms with E-state index in [0.717, 1.165) is 23.7 Å². The topological polar surface area (TPSA) is 0 Å². The molecule has 0 heterocycles. The lowest BCUT2D eigenvalue weighted by molar-refractivity contribution is -0.128. The highest BCUT2D eigenvalue weighted by Gasteiger charge is 2.63. The molecule has 0 N–H and O–H groups in total. The maximum Gasteiger partial charge on any atom is -0.00848 e. The molecule has 0 bridgehead atoms. The Morgan fingerprint density at radius 2 is 1.70 bits per heavy atom. The Morgan fingerprint density at radius 3 is 2.43 bits per heavy atom. The van der Waals surface area contributed by atoms with E-state index in [2.05, 4.69) is 40.9 Å². The highest BCUT2D eigenvalue weighted by atomic mass is 14.7. The molecule has 7 unspecified atom stereocenters. The Hall–Kier alpha value is -0.520. The molecule has 4 aliphatic rings. The van der Waals surface area contributed by atoms with Gasteiger partial charge in [0, 0.05) is 0 Å². The Labute approximate surface area is 143 Å². The molecule has 4 fully saturated rings. The minimum absolute atomic E-state index is 0.413. The van der Waals surface area contributed by atoms with E-state index in [-0.39, 0.29) is 0 Å². The predicted octanol–water partition coefficient (Wildman–Crippen LogP) is 6.78. The molecule has 0 aromatic carbocycles. The van der Waals surface area contributed by atoms with E-state index >= 15 is 0 Å². The molecular formula is C23H36. The molecule has 4 saturated carbocycles. The van der Waals surface area contributed by atoms with Crippen LogP contribution < -0.4 is 0 Å². The zero-order chi connectivity index (χ0) is 16.6. The van der Waals surface area contributed by atoms with Gasteiger partial charge in [0.05, 0.1) is 0 Å². The summed E-state index contributed by atoms with van der Waals surface area (Å²) in [6.45, 7) is 19.4. The van der Waals surface area contributed by atoms with Crippen molar-refractivity contribution in [2.45, 2.75) is 79.1 Å². The summed E-state index contributed by atoms with van der Waals surface area (Å²) in [5.41, 5.74) is 4.60. The summed E-state index contributed by atoms with van der Waals surface area (Å²) < 4.78 is 0. The fraction of sp³-hybridized carbons (Fsp3) is 0.826. The Balaban J connectivity index is 1.75. The van der Waals surface area contributed by atoms with Crippen LogP contribution in [0.3, 0.4) is 0 Å². The number of fused-ring (bicyclic) bond motifs is 5. The fourth-order valence-corrected chi connectivity index (χ4v) is 7.81. The van der Waals surface area contributed by atoms with Gasteiger partial charge >= 0.3 is 0 Å². The molecule has 0 radical (unpaired) electrons. The van der Waals surface area contributed by atoms with E-state index in [9.17, 15) is 0 Å². The van der Waals surface area contributed by atoms with Gasteiger partial charge in [-0.3, -0.25) is 0 Å². The molecule has 0 heteroatoms. The molecule has 4 aliphatic carbocycles. The Morgan fingerprint density at radius 1 is 0.957 bits per heavy atom. The molecule has 0 amide bonds. The highest BCUT2D eigenvalue weighted by Crippen LogP contribution is 2.71. The first-order valence-corrected chi connectivity index (χ1v) is 10.1. The Bertz CT molecular complexity index is 556. The second kappa shape index (κ2) is 4.77. The van der Waals surface area contributed by atoms with Crippen LogP contribution in [-0.2, 0) is 0 Å². The lowest BCUT2D eigenvalue weighted by Gasteiger charge is -2.65. The van der Waals surface area contributed by atoms with Gasteiger partial charge in [0.2, 0.25) is 0 Å². The van der Waals surface area contributed by atoms with E-state index in [1.54, 1.807) is 11.1 Å². The second-order valence-corrected chi connectivity index (χ2v) is 10.5. The SMILES string of the molecule is C=C1CC2(C)CC(C)CCC2(C)C2CCC3(C)C(=C)CCC3C12. The van der Waals surface area contributed by atoms with Gasteiger partial charge in [-0.05, 0) is 84.9 Å². The third-order valence-corrected chi connectivity index (χ3v) is 9.47. The van der Waals surface area contributed by atoms with Crippen LogP contribution in [0.4, 0.5) is 0 Å². The monoisotopic (exact) mass is 312 g/mol. The highest BCUT2D eigenvalue weighted by molar-refractivity contribution is 5.28. The molecule has 0 aliphatic heterocycles. The molecule has 7 atom stereocenters. The maximum atomic E-state index is 4.68. The normalized spacial score (nSPS) is 56.0. The fourth-order valence-electron chi connectivity index (χ4n) is 7.81. The van der Waals surface area contributed by atoms with E-state index in [0.29, 0.717) is 16.2 Å². The van der Waals surface area contributed by atoms with Crippen molar-refractivity contribution in [3.8, 4) is 0 Å². The summed E-state index contributed by atoms with van der Waals surface area (Å²) in [7, 11) is 0. The van der Waals surface area contributed by atoms with Crippen LogP contribution in [-0.4, -0.2) is 0 Å². The van der Waals surface area contributed by atoms with Crippen LogP contribution in [0.25, 0.3) is 0 Å². The van der Waals surface area contributed by atoms with Crippen molar-refractivity contribution in [1.29, 1.82) is 0 Å². The van der Waals surface area contributed by atoms with Gasteiger partial charge in [0.1, 0.15) is 0 Å². The molecule has 0 nitrogen and oxygen atoms in total. The zero-order valence-corrected chi connectivity index (χ0v) is 15.9. The first-order chi connectivity index (χ1) is 10.7. The van der Waals surface area contributed by atoms with Gasteiger partial charge in [0.15, 0.2) is 0 Å². The smallest absolute Gasteiger partial charge is 0.00848 e. The maximum absolute atomic E-state index is 4.68. The number of hydrogen-bond acceptors (Lipinski definition) is 0. The zero-order valence-electron chi connectivity index (χ0n) is 15.9. The van der Waals surface area contributed by atoms with Crippen molar-refractivity contribution in [3.05, 3.63) is 24.3 Å². The van der Waals surface area contributed by atoms with Gasteiger partial charge in [-0.2, -0.15) is 0 Å². The lowest BCUT2D eigenvalue weighted by Crippen LogP contribution is -2.57. The van der Waals surface area contributed by atoms with Gasteiger partial charge in [-0.1, -0.05) is 58.4 Å². The largest absolute Gasteiger partial charge is 0.0995 e. The predicted molar refractivity (Wildman–Crippen MR) is 99.2 cm³/mol. The van der Waals surface area contributed by atoms with Gasteiger partial charge in [0.25, 0.3) is 0 Å². The van der Waals surface area contributed by atoms with E-state index in [1.807, 2.05) is 0 Å². The summed E-state index contributed by atoms with van der Waals surface area (Å²) in [5.74, 6) is 3.39. The van der Waals surface area contributed by atoms with Crippen molar-refractivity contribution in [2.75, 3.05) is 0 Å². The van der Waals surface area contributed by atoms with Gasteiger partial charge in [-0.25, -0.2) is 0 Å². The van der Waals surface area contributed by atoms with Crippen LogP contribution in [0.5, 0.6) is 0 Å². The summed E-state index contributed by atoms with van der Waals surface area (Å²) in [5, 5.41) is 0. The Kier molecular flexibility index (Phi) is 3.31. The number of hydrogen-bond donors (Lipinski definition) is 0. The first-order valence-electron chi connectivity index (χ1n) is 10.1. The summed E-state index contributed by atoms with van der Waals surface area (Å²) >= 11 is 0. The van der Waals surface area contributed by atoms with Gasteiger partial charge in [-0.15, -0.1) is 0 Å². The molecule has 0 aromatic heterocycles. The molecule has 0 aromatic rings. The average molecular weight is 313 g/mol. The molecule has 0 saturated heterocycles. The third-order valence-electron chi connectivity index (χ3n) is 9.47. The van der Waals surface area contributed by atoms with E-state index in [1.165, 1.54) is 51.4 Å². The van der Waals surface area contributed by atoms with Crippen molar-refractivity contribution in [2.24, 2.45) is 39.9 Å². The van der Waals surface area contributed by atoms with Gasteiger partial charge < -0.3 is 0 Å². The lowest BCUT2D eigenvalue weighted by atomic mass is 9.39. The average Bonchev–Trinajstić information content (AvgIpc) is 2.77. The number of rotatable bonds is 0. The van der Waals surface area contributed by atoms with Crippen molar-refractivity contribution >= 4 is 0 Å². The molecule has 23 heavy (non-hydrogen) atoms. The minimum atomic E-state index is 0.413. The van der Waals surface area contributed by atoms with Crippen molar-refractivity contribution < 1.29 is 0 Å². The van der Waals surface area contributed by atoms with E-state index < -0.39 is 0 Å². The van der Waals surface area contributed by atoms with Crippen LogP contribution in [0, 0.1) is 39.9 Å². The molecule has 128 valence electrons. The second-order valence-electron chi connectivity index (χ2n) is 10.5. The number of allylic oxidation sites excluding steroid dienone is 2. The van der Waals surface area contributed by atoms with Crippen LogP contribution >= 0.6 is 0 Å². The molecular weight excluding hydrogens is 276 g/mol. The minimum Gasteiger partial charge on any atom is -0.0995 e. The summed E-state index contributed by atoms with van der Waals surface area (Å²) in [4.78, 5) is 0. The molecule has 4 rings (SSSR count). The standard InChI is InChI=1S/C23H36/c1-15-9-12-23(6)19-10-11-22(5)17(3)7-8-18(22)20(19)16(2)14-21(23,4)13-15/h15,18-20H,2-3,7-14H2,1,4-6H3. The molecule has 0 spiro atoms. The third kappa shape index (κ3) is 1.90. The quantitative estimate of drug-likeness (QED) is 0.433. The van der Waals surface area contributed by atoms with Crippen LogP contribution in [0.15, 0.2) is 24.3 Å². The summed E-state index contributed by atoms with van der Waals surface area (Å²) in [6, 6.07) is 0.